The Hall–Kier alpha value is -1.81. The van der Waals surface area contributed by atoms with Gasteiger partial charge >= 0.3 is 6.09 Å². The third kappa shape index (κ3) is 8.52. The molecule has 1 aliphatic rings. The second-order valence-electron chi connectivity index (χ2n) is 7.02. The van der Waals surface area contributed by atoms with E-state index in [9.17, 15) is 4.79 Å². The normalized spacial score (nSPS) is 19.7. The molecule has 1 heterocycles. The molecule has 1 N–H and O–H groups in total. The number of carbonyl (C=O) groups is 1. The first-order valence-corrected chi connectivity index (χ1v) is 9.99. The number of amides is 1. The highest BCUT2D eigenvalue weighted by molar-refractivity contribution is 5.70. The van der Waals surface area contributed by atoms with Gasteiger partial charge in [-0.05, 0) is 38.2 Å². The van der Waals surface area contributed by atoms with Crippen LogP contribution in [0.15, 0.2) is 42.5 Å². The zero-order valence-corrected chi connectivity index (χ0v) is 16.0. The lowest BCUT2D eigenvalue weighted by molar-refractivity contribution is 0.116. The Morgan fingerprint density at radius 3 is 2.50 bits per heavy atom. The van der Waals surface area contributed by atoms with Crippen LogP contribution < -0.4 is 5.32 Å². The predicted octanol–water partition coefficient (Wildman–Crippen LogP) is 5.38. The molecule has 1 aromatic carbocycles. The van der Waals surface area contributed by atoms with Gasteiger partial charge in [0.1, 0.15) is 6.10 Å². The largest absolute Gasteiger partial charge is 0.444 e. The first kappa shape index (κ1) is 20.5. The van der Waals surface area contributed by atoms with Gasteiger partial charge in [0, 0.05) is 6.61 Å². The minimum absolute atomic E-state index is 0.0242. The summed E-state index contributed by atoms with van der Waals surface area (Å²) in [5.74, 6) is 0. The Kier molecular flexibility index (Phi) is 9.88. The van der Waals surface area contributed by atoms with Crippen molar-refractivity contribution >= 4 is 6.09 Å². The van der Waals surface area contributed by atoms with Gasteiger partial charge in [-0.25, -0.2) is 4.79 Å². The summed E-state index contributed by atoms with van der Waals surface area (Å²) in [5, 5.41) is 2.83. The lowest BCUT2D eigenvalue weighted by Gasteiger charge is -2.08. The lowest BCUT2D eigenvalue weighted by Crippen LogP contribution is -2.29. The predicted molar refractivity (Wildman–Crippen MR) is 105 cm³/mol. The maximum atomic E-state index is 11.1. The average Bonchev–Trinajstić information content (AvgIpc) is 2.97. The van der Waals surface area contributed by atoms with E-state index in [2.05, 4.69) is 41.7 Å². The summed E-state index contributed by atoms with van der Waals surface area (Å²) in [6.07, 6.45) is 13.6. The summed E-state index contributed by atoms with van der Waals surface area (Å²) < 4.78 is 10.8. The second kappa shape index (κ2) is 12.5. The van der Waals surface area contributed by atoms with Gasteiger partial charge < -0.3 is 14.8 Å². The molecule has 0 spiro atoms. The summed E-state index contributed by atoms with van der Waals surface area (Å²) in [6, 6.07) is 10.5. The highest BCUT2D eigenvalue weighted by Crippen LogP contribution is 2.13. The molecule has 4 nitrogen and oxygen atoms in total. The van der Waals surface area contributed by atoms with Gasteiger partial charge in [0.05, 0.1) is 12.6 Å². The number of carbonyl (C=O) groups excluding carboxylic acids is 1. The van der Waals surface area contributed by atoms with Crippen molar-refractivity contribution in [3.05, 3.63) is 48.0 Å². The van der Waals surface area contributed by atoms with Crippen molar-refractivity contribution in [2.75, 3.05) is 6.61 Å². The highest BCUT2D eigenvalue weighted by atomic mass is 16.6. The summed E-state index contributed by atoms with van der Waals surface area (Å²) in [6.45, 7) is 3.52. The van der Waals surface area contributed by atoms with E-state index in [1.165, 1.54) is 37.7 Å². The third-order valence-electron chi connectivity index (χ3n) is 4.74. The van der Waals surface area contributed by atoms with Crippen molar-refractivity contribution in [1.82, 2.24) is 5.32 Å². The number of nitrogens with one attached hydrogen (secondary N) is 1. The van der Waals surface area contributed by atoms with Crippen molar-refractivity contribution in [3.63, 3.8) is 0 Å². The lowest BCUT2D eigenvalue weighted by atomic mass is 10.1. The molecule has 0 radical (unpaired) electrons. The summed E-state index contributed by atoms with van der Waals surface area (Å²) in [7, 11) is 0. The van der Waals surface area contributed by atoms with Crippen LogP contribution in [0.25, 0.3) is 0 Å². The molecule has 0 saturated carbocycles. The topological polar surface area (TPSA) is 47.6 Å². The average molecular weight is 360 g/mol. The Labute approximate surface area is 158 Å². The number of allylic oxidation sites excluding steroid dienone is 1. The number of benzene rings is 1. The molecule has 1 saturated heterocycles. The van der Waals surface area contributed by atoms with Crippen LogP contribution in [-0.4, -0.2) is 24.8 Å². The summed E-state index contributed by atoms with van der Waals surface area (Å²) in [4.78, 5) is 11.1. The Morgan fingerprint density at radius 1 is 1.04 bits per heavy atom. The number of rotatable bonds is 13. The van der Waals surface area contributed by atoms with E-state index in [0.717, 1.165) is 32.5 Å². The number of hydrogen-bond donors (Lipinski definition) is 1. The van der Waals surface area contributed by atoms with Gasteiger partial charge in [0.2, 0.25) is 0 Å². The third-order valence-corrected chi connectivity index (χ3v) is 4.74. The van der Waals surface area contributed by atoms with E-state index in [1.807, 2.05) is 13.0 Å². The van der Waals surface area contributed by atoms with E-state index < -0.39 is 0 Å². The molecule has 2 atom stereocenters. The zero-order valence-electron chi connectivity index (χ0n) is 16.0. The smallest absolute Gasteiger partial charge is 0.407 e. The van der Waals surface area contributed by atoms with Gasteiger partial charge in [-0.2, -0.15) is 0 Å². The molecule has 4 heteroatoms. The molecule has 0 aromatic heterocycles. The quantitative estimate of drug-likeness (QED) is 0.380. The first-order chi connectivity index (χ1) is 12.8. The minimum Gasteiger partial charge on any atom is -0.444 e. The van der Waals surface area contributed by atoms with E-state index >= 15 is 0 Å². The van der Waals surface area contributed by atoms with Crippen LogP contribution in [0.4, 0.5) is 4.79 Å². The molecule has 1 aliphatic heterocycles. The number of unbranched alkanes of at least 4 members (excludes halogenated alkanes) is 6. The second-order valence-corrected chi connectivity index (χ2v) is 7.02. The minimum atomic E-state index is -0.290. The van der Waals surface area contributed by atoms with Gasteiger partial charge in [-0.3, -0.25) is 0 Å². The fourth-order valence-corrected chi connectivity index (χ4v) is 3.10. The number of cyclic esters (lactones) is 1. The number of alkyl carbamates (subject to hydrolysis) is 1. The maximum Gasteiger partial charge on any atom is 0.407 e. The van der Waals surface area contributed by atoms with Crippen molar-refractivity contribution in [2.24, 2.45) is 0 Å². The van der Waals surface area contributed by atoms with Crippen molar-refractivity contribution in [1.29, 1.82) is 0 Å². The molecule has 1 aromatic rings. The van der Waals surface area contributed by atoms with Gasteiger partial charge in [0.15, 0.2) is 0 Å². The molecule has 26 heavy (non-hydrogen) atoms. The van der Waals surface area contributed by atoms with Crippen LogP contribution in [0.5, 0.6) is 0 Å². The molecule has 1 amide bonds. The van der Waals surface area contributed by atoms with Crippen LogP contribution in [-0.2, 0) is 16.1 Å². The Bertz CT molecular complexity index is 529. The van der Waals surface area contributed by atoms with E-state index in [-0.39, 0.29) is 18.2 Å². The molecular weight excluding hydrogens is 326 g/mol. The van der Waals surface area contributed by atoms with Crippen LogP contribution in [0.3, 0.4) is 0 Å². The van der Waals surface area contributed by atoms with Crippen molar-refractivity contribution in [2.45, 2.75) is 77.0 Å². The van der Waals surface area contributed by atoms with Gasteiger partial charge in [-0.1, -0.05) is 68.2 Å². The molecule has 0 aliphatic carbocycles. The number of ether oxygens (including phenoxy) is 2. The van der Waals surface area contributed by atoms with Crippen LogP contribution >= 0.6 is 0 Å². The van der Waals surface area contributed by atoms with Crippen LogP contribution in [0.1, 0.15) is 63.9 Å². The van der Waals surface area contributed by atoms with Crippen molar-refractivity contribution < 1.29 is 14.3 Å². The van der Waals surface area contributed by atoms with E-state index in [1.54, 1.807) is 0 Å². The molecule has 144 valence electrons. The fourth-order valence-electron chi connectivity index (χ4n) is 3.10. The van der Waals surface area contributed by atoms with E-state index in [0.29, 0.717) is 0 Å². The Balaban J connectivity index is 1.34. The van der Waals surface area contributed by atoms with Crippen LogP contribution in [0, 0.1) is 0 Å². The molecule has 0 bridgehead atoms. The maximum absolute atomic E-state index is 11.1. The number of hydrogen-bond acceptors (Lipinski definition) is 3. The fraction of sp³-hybridized carbons (Fsp3) is 0.591. The Morgan fingerprint density at radius 2 is 1.77 bits per heavy atom. The molecule has 0 unspecified atom stereocenters. The zero-order chi connectivity index (χ0) is 18.5. The van der Waals surface area contributed by atoms with Crippen molar-refractivity contribution in [3.8, 4) is 0 Å². The SMILES string of the molecule is C[C@@H]1OC(=O)N[C@H]1C/C=C/CCCCCCCCOCc1ccccc1. The highest BCUT2D eigenvalue weighted by Gasteiger charge is 2.28. The first-order valence-electron chi connectivity index (χ1n) is 9.99. The van der Waals surface area contributed by atoms with Gasteiger partial charge in [0.25, 0.3) is 0 Å². The summed E-state index contributed by atoms with van der Waals surface area (Å²) in [5.41, 5.74) is 1.25. The molecular formula is C22H33NO3. The van der Waals surface area contributed by atoms with Gasteiger partial charge in [-0.15, -0.1) is 0 Å². The van der Waals surface area contributed by atoms with Crippen LogP contribution in [0.2, 0.25) is 0 Å². The molecule has 2 rings (SSSR count). The monoisotopic (exact) mass is 359 g/mol. The molecule has 1 fully saturated rings. The van der Waals surface area contributed by atoms with E-state index in [4.69, 9.17) is 9.47 Å². The summed E-state index contributed by atoms with van der Waals surface area (Å²) >= 11 is 0. The standard InChI is InChI=1S/C22H33NO3/c1-19-21(23-22(24)26-19)16-12-7-5-3-2-4-6-8-13-17-25-18-20-14-10-9-11-15-20/h7,9-12,14-15,19,21H,2-6,8,13,16-18H2,1H3,(H,23,24)/b12-7+/t19-,21-/m0/s1.